The molecule has 0 N–H and O–H groups in total. The van der Waals surface area contributed by atoms with Crippen LogP contribution in [0.2, 0.25) is 0 Å². The summed E-state index contributed by atoms with van der Waals surface area (Å²) in [4.78, 5) is 0.943. The van der Waals surface area contributed by atoms with E-state index in [2.05, 4.69) is 6.92 Å². The highest BCUT2D eigenvalue weighted by Gasteiger charge is 2.31. The van der Waals surface area contributed by atoms with Gasteiger partial charge in [0.25, 0.3) is 10.0 Å². The molecule has 0 amide bonds. The molecular formula is C12H18ClNO2S3. The molecule has 1 aliphatic rings. The minimum Gasteiger partial charge on any atom is -0.206 e. The molecule has 1 aromatic rings. The number of aryl methyl sites for hydroxylation is 1. The summed E-state index contributed by atoms with van der Waals surface area (Å²) < 4.78 is 27.3. The van der Waals surface area contributed by atoms with Gasteiger partial charge in [0.15, 0.2) is 0 Å². The normalized spacial score (nSPS) is 21.7. The Bertz CT molecular complexity index is 541. The highest BCUT2D eigenvalue weighted by atomic mass is 35.5. The van der Waals surface area contributed by atoms with Crippen LogP contribution in [-0.4, -0.2) is 36.8 Å². The molecule has 0 aliphatic carbocycles. The maximum Gasteiger partial charge on any atom is 0.252 e. The second-order valence-electron chi connectivity index (χ2n) is 4.57. The molecule has 0 saturated carbocycles. The Morgan fingerprint density at radius 1 is 1.53 bits per heavy atom. The first kappa shape index (κ1) is 15.6. The van der Waals surface area contributed by atoms with Gasteiger partial charge in [-0.3, -0.25) is 0 Å². The highest BCUT2D eigenvalue weighted by molar-refractivity contribution is 8.00. The molecule has 1 atom stereocenters. The molecule has 1 fully saturated rings. The van der Waals surface area contributed by atoms with Gasteiger partial charge < -0.3 is 0 Å². The van der Waals surface area contributed by atoms with Gasteiger partial charge in [-0.25, -0.2) is 8.42 Å². The molecule has 0 radical (unpaired) electrons. The molecule has 0 aromatic carbocycles. The average Bonchev–Trinajstić information content (AvgIpc) is 2.80. The SMILES string of the molecule is CCC1CN(S(=O)(=O)c2cc(C)c(CCl)s2)CCS1. The van der Waals surface area contributed by atoms with E-state index in [1.165, 1.54) is 11.3 Å². The van der Waals surface area contributed by atoms with Crippen molar-refractivity contribution in [2.45, 2.75) is 35.6 Å². The molecule has 3 nitrogen and oxygen atoms in total. The number of hydrogen-bond acceptors (Lipinski definition) is 4. The minimum absolute atomic E-state index is 0.374. The maximum atomic E-state index is 12.6. The summed E-state index contributed by atoms with van der Waals surface area (Å²) in [6.45, 7) is 5.25. The molecule has 1 aromatic heterocycles. The molecule has 19 heavy (non-hydrogen) atoms. The van der Waals surface area contributed by atoms with E-state index in [-0.39, 0.29) is 0 Å². The molecule has 0 spiro atoms. The van der Waals surface area contributed by atoms with Gasteiger partial charge in [-0.05, 0) is 25.0 Å². The van der Waals surface area contributed by atoms with E-state index in [0.717, 1.165) is 22.6 Å². The van der Waals surface area contributed by atoms with Gasteiger partial charge in [-0.1, -0.05) is 6.92 Å². The van der Waals surface area contributed by atoms with Gasteiger partial charge in [0.05, 0.1) is 5.88 Å². The lowest BCUT2D eigenvalue weighted by Crippen LogP contribution is -2.41. The number of nitrogens with zero attached hydrogens (tertiary/aromatic N) is 1. The number of rotatable bonds is 4. The van der Waals surface area contributed by atoms with Crippen LogP contribution in [0.3, 0.4) is 0 Å². The van der Waals surface area contributed by atoms with Gasteiger partial charge in [-0.2, -0.15) is 16.1 Å². The van der Waals surface area contributed by atoms with Crippen molar-refractivity contribution in [3.8, 4) is 0 Å². The van der Waals surface area contributed by atoms with Crippen LogP contribution in [0.4, 0.5) is 0 Å². The van der Waals surface area contributed by atoms with Crippen LogP contribution in [-0.2, 0) is 15.9 Å². The third-order valence-corrected chi connectivity index (χ3v) is 8.62. The predicted octanol–water partition coefficient (Wildman–Crippen LogP) is 3.31. The monoisotopic (exact) mass is 339 g/mol. The second-order valence-corrected chi connectivity index (χ2v) is 9.55. The number of hydrogen-bond donors (Lipinski definition) is 0. The predicted molar refractivity (Wildman–Crippen MR) is 83.9 cm³/mol. The molecule has 1 unspecified atom stereocenters. The standard InChI is InChI=1S/C12H18ClNO2S3/c1-3-10-8-14(4-5-17-10)19(15,16)12-6-9(2)11(7-13)18-12/h6,10H,3-5,7-8H2,1-2H3. The number of halogens is 1. The number of thioether (sulfide) groups is 1. The number of thiophene rings is 1. The molecule has 1 aliphatic heterocycles. The number of alkyl halides is 1. The zero-order chi connectivity index (χ0) is 14.0. The first-order chi connectivity index (χ1) is 8.98. The van der Waals surface area contributed by atoms with Crippen LogP contribution in [0, 0.1) is 6.92 Å². The molecule has 2 heterocycles. The first-order valence-corrected chi connectivity index (χ1v) is 10.1. The van der Waals surface area contributed by atoms with Crippen molar-refractivity contribution in [2.75, 3.05) is 18.8 Å². The van der Waals surface area contributed by atoms with Crippen molar-refractivity contribution in [1.82, 2.24) is 4.31 Å². The summed E-state index contributed by atoms with van der Waals surface area (Å²) in [5.41, 5.74) is 0.969. The van der Waals surface area contributed by atoms with E-state index in [9.17, 15) is 8.42 Å². The van der Waals surface area contributed by atoms with Crippen LogP contribution in [0.15, 0.2) is 10.3 Å². The van der Waals surface area contributed by atoms with Crippen molar-refractivity contribution < 1.29 is 8.42 Å². The van der Waals surface area contributed by atoms with Crippen molar-refractivity contribution in [2.24, 2.45) is 0 Å². The van der Waals surface area contributed by atoms with E-state index in [0.29, 0.717) is 28.4 Å². The maximum absolute atomic E-state index is 12.6. The zero-order valence-corrected chi connectivity index (χ0v) is 14.3. The van der Waals surface area contributed by atoms with Crippen molar-refractivity contribution in [1.29, 1.82) is 0 Å². The fourth-order valence-corrected chi connectivity index (χ4v) is 6.88. The third kappa shape index (κ3) is 3.29. The zero-order valence-electron chi connectivity index (χ0n) is 11.1. The minimum atomic E-state index is -3.34. The number of sulfonamides is 1. The van der Waals surface area contributed by atoms with E-state index in [1.807, 2.05) is 18.7 Å². The van der Waals surface area contributed by atoms with Crippen LogP contribution in [0.5, 0.6) is 0 Å². The van der Waals surface area contributed by atoms with Crippen molar-refractivity contribution in [3.63, 3.8) is 0 Å². The van der Waals surface area contributed by atoms with Gasteiger partial charge in [0.1, 0.15) is 4.21 Å². The second kappa shape index (κ2) is 6.35. The van der Waals surface area contributed by atoms with Gasteiger partial charge >= 0.3 is 0 Å². The molecular weight excluding hydrogens is 322 g/mol. The topological polar surface area (TPSA) is 37.4 Å². The lowest BCUT2D eigenvalue weighted by atomic mass is 10.3. The molecule has 7 heteroatoms. The first-order valence-electron chi connectivity index (χ1n) is 6.26. The van der Waals surface area contributed by atoms with Gasteiger partial charge in [-0.15, -0.1) is 22.9 Å². The quantitative estimate of drug-likeness (QED) is 0.790. The van der Waals surface area contributed by atoms with E-state index in [1.54, 1.807) is 10.4 Å². The van der Waals surface area contributed by atoms with E-state index in [4.69, 9.17) is 11.6 Å². The Morgan fingerprint density at radius 3 is 2.84 bits per heavy atom. The highest BCUT2D eigenvalue weighted by Crippen LogP contribution is 2.32. The Hall–Kier alpha value is 0.250. The fourth-order valence-electron chi connectivity index (χ4n) is 2.03. The van der Waals surface area contributed by atoms with E-state index < -0.39 is 10.0 Å². The Labute approximate surface area is 128 Å². The fraction of sp³-hybridized carbons (Fsp3) is 0.667. The summed E-state index contributed by atoms with van der Waals surface area (Å²) in [5.74, 6) is 1.25. The summed E-state index contributed by atoms with van der Waals surface area (Å²) in [6, 6.07) is 1.75. The summed E-state index contributed by atoms with van der Waals surface area (Å²) in [5, 5.41) is 0.414. The van der Waals surface area contributed by atoms with Crippen LogP contribution >= 0.6 is 34.7 Å². The lowest BCUT2D eigenvalue weighted by molar-refractivity contribution is 0.417. The van der Waals surface area contributed by atoms with Crippen LogP contribution in [0.1, 0.15) is 23.8 Å². The van der Waals surface area contributed by atoms with E-state index >= 15 is 0 Å². The summed E-state index contributed by atoms with van der Waals surface area (Å²) in [6.07, 6.45) is 1.01. The van der Waals surface area contributed by atoms with Gasteiger partial charge in [0.2, 0.25) is 0 Å². The third-order valence-electron chi connectivity index (χ3n) is 3.27. The lowest BCUT2D eigenvalue weighted by Gasteiger charge is -2.30. The average molecular weight is 340 g/mol. The Balaban J connectivity index is 2.25. The molecule has 1 saturated heterocycles. The smallest absolute Gasteiger partial charge is 0.206 e. The largest absolute Gasteiger partial charge is 0.252 e. The van der Waals surface area contributed by atoms with Crippen LogP contribution in [0.25, 0.3) is 0 Å². The molecule has 2 rings (SSSR count). The molecule has 108 valence electrons. The van der Waals surface area contributed by atoms with Gasteiger partial charge in [0, 0.05) is 29.0 Å². The Kier molecular flexibility index (Phi) is 5.22. The Morgan fingerprint density at radius 2 is 2.26 bits per heavy atom. The van der Waals surface area contributed by atoms with Crippen molar-refractivity contribution >= 4 is 44.7 Å². The van der Waals surface area contributed by atoms with Crippen LogP contribution < -0.4 is 0 Å². The summed E-state index contributed by atoms with van der Waals surface area (Å²) >= 11 is 8.99. The molecule has 0 bridgehead atoms. The van der Waals surface area contributed by atoms with Crippen molar-refractivity contribution in [3.05, 3.63) is 16.5 Å². The summed E-state index contributed by atoms with van der Waals surface area (Å²) in [7, 11) is -3.34.